The molecule has 0 aromatic heterocycles. The highest BCUT2D eigenvalue weighted by Crippen LogP contribution is 2.15. The topological polar surface area (TPSA) is 41.1 Å². The lowest BCUT2D eigenvalue weighted by molar-refractivity contribution is -0.116. The smallest absolute Gasteiger partial charge is 0.225 e. The Hall–Kier alpha value is -2.20. The highest BCUT2D eigenvalue weighted by molar-refractivity contribution is 5.91. The minimum absolute atomic E-state index is 0.00992. The number of para-hydroxylation sites is 1. The second kappa shape index (κ2) is 9.06. The molecule has 2 aromatic rings. The van der Waals surface area contributed by atoms with Gasteiger partial charge in [-0.2, -0.15) is 0 Å². The molecule has 0 saturated carbocycles. The van der Waals surface area contributed by atoms with Crippen molar-refractivity contribution in [3.8, 4) is 0 Å². The molecular formula is C19H23FN2O. The van der Waals surface area contributed by atoms with Crippen LogP contribution in [-0.2, 0) is 17.6 Å². The Morgan fingerprint density at radius 2 is 1.70 bits per heavy atom. The minimum Gasteiger partial charge on any atom is -0.326 e. The van der Waals surface area contributed by atoms with Crippen molar-refractivity contribution in [1.29, 1.82) is 0 Å². The van der Waals surface area contributed by atoms with Gasteiger partial charge in [-0.3, -0.25) is 4.79 Å². The van der Waals surface area contributed by atoms with E-state index in [1.54, 1.807) is 12.1 Å². The summed E-state index contributed by atoms with van der Waals surface area (Å²) in [4.78, 5) is 12.0. The van der Waals surface area contributed by atoms with Gasteiger partial charge in [0.15, 0.2) is 0 Å². The van der Waals surface area contributed by atoms with Crippen molar-refractivity contribution in [1.82, 2.24) is 5.32 Å². The predicted octanol–water partition coefficient (Wildman–Crippen LogP) is 3.55. The molecule has 4 heteroatoms. The van der Waals surface area contributed by atoms with Gasteiger partial charge in [0, 0.05) is 18.7 Å². The summed E-state index contributed by atoms with van der Waals surface area (Å²) in [5.74, 6) is -0.187. The zero-order chi connectivity index (χ0) is 16.5. The number of nitrogens with one attached hydrogen (secondary N) is 2. The van der Waals surface area contributed by atoms with Gasteiger partial charge in [-0.1, -0.05) is 43.3 Å². The molecule has 0 aliphatic carbocycles. The van der Waals surface area contributed by atoms with Gasteiger partial charge in [0.2, 0.25) is 5.91 Å². The van der Waals surface area contributed by atoms with E-state index < -0.39 is 0 Å². The Labute approximate surface area is 136 Å². The average Bonchev–Trinajstić information content (AvgIpc) is 2.56. The van der Waals surface area contributed by atoms with Crippen LogP contribution < -0.4 is 10.6 Å². The molecule has 1 amide bonds. The van der Waals surface area contributed by atoms with Gasteiger partial charge in [-0.15, -0.1) is 0 Å². The van der Waals surface area contributed by atoms with Crippen LogP contribution in [0.3, 0.4) is 0 Å². The first-order valence-corrected chi connectivity index (χ1v) is 8.02. The second-order valence-corrected chi connectivity index (χ2v) is 5.40. The number of hydrogen-bond donors (Lipinski definition) is 2. The van der Waals surface area contributed by atoms with Crippen LogP contribution in [0.2, 0.25) is 0 Å². The van der Waals surface area contributed by atoms with Gasteiger partial charge in [0.25, 0.3) is 0 Å². The van der Waals surface area contributed by atoms with E-state index in [2.05, 4.69) is 17.6 Å². The highest BCUT2D eigenvalue weighted by atomic mass is 19.1. The van der Waals surface area contributed by atoms with Crippen LogP contribution in [0.1, 0.15) is 24.5 Å². The maximum absolute atomic E-state index is 13.4. The molecule has 0 saturated heterocycles. The van der Waals surface area contributed by atoms with Crippen LogP contribution in [0, 0.1) is 5.82 Å². The Morgan fingerprint density at radius 1 is 1.00 bits per heavy atom. The molecule has 0 spiro atoms. The fourth-order valence-corrected chi connectivity index (χ4v) is 2.41. The van der Waals surface area contributed by atoms with Crippen molar-refractivity contribution in [2.24, 2.45) is 0 Å². The van der Waals surface area contributed by atoms with Crippen LogP contribution in [0.15, 0.2) is 48.5 Å². The number of anilines is 1. The van der Waals surface area contributed by atoms with Crippen molar-refractivity contribution >= 4 is 11.6 Å². The van der Waals surface area contributed by atoms with Gasteiger partial charge in [0.1, 0.15) is 5.82 Å². The van der Waals surface area contributed by atoms with E-state index in [1.807, 2.05) is 30.3 Å². The summed E-state index contributed by atoms with van der Waals surface area (Å²) < 4.78 is 13.4. The zero-order valence-electron chi connectivity index (χ0n) is 13.4. The lowest BCUT2D eigenvalue weighted by Gasteiger charge is -2.10. The molecule has 0 fully saturated rings. The maximum atomic E-state index is 13.4. The van der Waals surface area contributed by atoms with Gasteiger partial charge in [-0.25, -0.2) is 4.39 Å². The molecule has 23 heavy (non-hydrogen) atoms. The summed E-state index contributed by atoms with van der Waals surface area (Å²) in [6.45, 7) is 3.30. The quantitative estimate of drug-likeness (QED) is 0.732. The summed E-state index contributed by atoms with van der Waals surface area (Å²) in [6.07, 6.45) is 1.90. The third-order valence-electron chi connectivity index (χ3n) is 3.73. The van der Waals surface area contributed by atoms with E-state index in [4.69, 9.17) is 0 Å². The highest BCUT2D eigenvalue weighted by Gasteiger charge is 2.05. The first-order chi connectivity index (χ1) is 11.2. The number of hydrogen-bond acceptors (Lipinski definition) is 2. The summed E-state index contributed by atoms with van der Waals surface area (Å²) >= 11 is 0. The maximum Gasteiger partial charge on any atom is 0.225 e. The monoisotopic (exact) mass is 314 g/mol. The number of carbonyl (C=O) groups is 1. The van der Waals surface area contributed by atoms with Crippen molar-refractivity contribution in [2.75, 3.05) is 18.4 Å². The van der Waals surface area contributed by atoms with E-state index in [1.165, 1.54) is 6.07 Å². The first-order valence-electron chi connectivity index (χ1n) is 8.02. The Morgan fingerprint density at radius 3 is 2.43 bits per heavy atom. The number of carbonyl (C=O) groups excluding carboxylic acids is 1. The van der Waals surface area contributed by atoms with Crippen molar-refractivity contribution in [2.45, 2.75) is 26.2 Å². The van der Waals surface area contributed by atoms with Crippen LogP contribution in [-0.4, -0.2) is 19.0 Å². The Balaban J connectivity index is 1.68. The summed E-state index contributed by atoms with van der Waals surface area (Å²) in [6, 6.07) is 14.6. The minimum atomic E-state index is -0.178. The van der Waals surface area contributed by atoms with Gasteiger partial charge < -0.3 is 10.6 Å². The molecule has 0 aliphatic heterocycles. The third-order valence-corrected chi connectivity index (χ3v) is 3.73. The molecule has 2 aromatic carbocycles. The lowest BCUT2D eigenvalue weighted by atomic mass is 10.1. The number of amides is 1. The van der Waals surface area contributed by atoms with E-state index >= 15 is 0 Å². The Bertz CT molecular complexity index is 643. The first kappa shape index (κ1) is 17.2. The number of rotatable bonds is 8. The number of aryl methyl sites for hydroxylation is 1. The third kappa shape index (κ3) is 5.49. The molecule has 2 rings (SSSR count). The van der Waals surface area contributed by atoms with Gasteiger partial charge in [0.05, 0.1) is 0 Å². The molecule has 3 nitrogen and oxygen atoms in total. The van der Waals surface area contributed by atoms with Crippen molar-refractivity contribution in [3.05, 3.63) is 65.5 Å². The largest absolute Gasteiger partial charge is 0.326 e. The van der Waals surface area contributed by atoms with E-state index in [0.29, 0.717) is 31.5 Å². The van der Waals surface area contributed by atoms with Crippen LogP contribution in [0.25, 0.3) is 0 Å². The Kier molecular flexibility index (Phi) is 6.76. The van der Waals surface area contributed by atoms with Gasteiger partial charge in [-0.05, 0) is 42.6 Å². The van der Waals surface area contributed by atoms with Crippen LogP contribution in [0.5, 0.6) is 0 Å². The molecule has 0 radical (unpaired) electrons. The molecule has 0 heterocycles. The molecule has 2 N–H and O–H groups in total. The predicted molar refractivity (Wildman–Crippen MR) is 92.0 cm³/mol. The van der Waals surface area contributed by atoms with Crippen molar-refractivity contribution in [3.63, 3.8) is 0 Å². The summed E-state index contributed by atoms with van der Waals surface area (Å²) in [7, 11) is 0. The molecule has 0 unspecified atom stereocenters. The van der Waals surface area contributed by atoms with Crippen LogP contribution >= 0.6 is 0 Å². The van der Waals surface area contributed by atoms with Crippen LogP contribution in [0.4, 0.5) is 10.1 Å². The van der Waals surface area contributed by atoms with Crippen molar-refractivity contribution < 1.29 is 9.18 Å². The van der Waals surface area contributed by atoms with E-state index in [-0.39, 0.29) is 11.7 Å². The fourth-order valence-electron chi connectivity index (χ4n) is 2.41. The number of halogens is 1. The van der Waals surface area contributed by atoms with E-state index in [0.717, 1.165) is 17.7 Å². The summed E-state index contributed by atoms with van der Waals surface area (Å²) in [5, 5.41) is 6.12. The normalized spacial score (nSPS) is 10.5. The SMILES string of the molecule is CCc1ccccc1NC(=O)CCNCCc1ccccc1F. The van der Waals surface area contributed by atoms with E-state index in [9.17, 15) is 9.18 Å². The lowest BCUT2D eigenvalue weighted by Crippen LogP contribution is -2.24. The summed E-state index contributed by atoms with van der Waals surface area (Å²) in [5.41, 5.74) is 2.71. The number of benzene rings is 2. The molecule has 0 aliphatic rings. The zero-order valence-corrected chi connectivity index (χ0v) is 13.4. The fraction of sp³-hybridized carbons (Fsp3) is 0.316. The molecular weight excluding hydrogens is 291 g/mol. The second-order valence-electron chi connectivity index (χ2n) is 5.40. The van der Waals surface area contributed by atoms with Gasteiger partial charge >= 0.3 is 0 Å². The average molecular weight is 314 g/mol. The molecule has 0 atom stereocenters. The molecule has 0 bridgehead atoms. The molecule has 122 valence electrons. The standard InChI is InChI=1S/C19H23FN2O/c1-2-15-7-4-6-10-18(15)22-19(23)12-14-21-13-11-16-8-3-5-9-17(16)20/h3-10,21H,2,11-14H2,1H3,(H,22,23).